The van der Waals surface area contributed by atoms with E-state index in [1.165, 1.54) is 0 Å². The summed E-state index contributed by atoms with van der Waals surface area (Å²) in [5.74, 6) is -74.5. The molecule has 1 aliphatic rings. The van der Waals surface area contributed by atoms with Crippen LogP contribution in [-0.2, 0) is 4.79 Å². The molecule has 4 nitrogen and oxygen atoms in total. The Morgan fingerprint density at radius 3 is 1.42 bits per heavy atom. The fraction of sp³-hybridized carbons (Fsp3) is 0.824. The lowest BCUT2D eigenvalue weighted by Gasteiger charge is -2.45. The first-order valence-electron chi connectivity index (χ1n) is 9.45. The molecule has 1 fully saturated rings. The normalized spacial score (nSPS) is 22.5. The molecule has 0 amide bonds. The number of halogens is 17. The lowest BCUT2D eigenvalue weighted by Crippen LogP contribution is -2.76. The van der Waals surface area contributed by atoms with Crippen molar-refractivity contribution in [1.82, 2.24) is 0 Å². The molecule has 222 valence electrons. The molecule has 3 N–H and O–H groups in total. The molecule has 1 rings (SSSR count). The average Bonchev–Trinajstić information content (AvgIpc) is 2.71. The van der Waals surface area contributed by atoms with Gasteiger partial charge in [-0.15, -0.1) is 0 Å². The molecule has 0 aromatic carbocycles. The predicted molar refractivity (Wildman–Crippen MR) is 89.4 cm³/mol. The van der Waals surface area contributed by atoms with E-state index in [1.807, 2.05) is 0 Å². The van der Waals surface area contributed by atoms with E-state index >= 15 is 0 Å². The molecule has 0 aromatic heterocycles. The molecule has 38 heavy (non-hydrogen) atoms. The highest BCUT2D eigenvalue weighted by Gasteiger charge is 2.95. The Labute approximate surface area is 199 Å². The molecule has 0 radical (unpaired) electrons. The van der Waals surface area contributed by atoms with Gasteiger partial charge >= 0.3 is 53.3 Å². The fourth-order valence-electron chi connectivity index (χ4n) is 3.39. The smallest absolute Gasteiger partial charge is 0.385 e. The lowest BCUT2D eigenvalue weighted by atomic mass is 9.70. The largest absolute Gasteiger partial charge is 0.481 e. The van der Waals surface area contributed by atoms with Gasteiger partial charge in [-0.25, -0.2) is 4.39 Å². The molecule has 21 heteroatoms. The molecule has 0 saturated heterocycles. The molecule has 0 spiro atoms. The van der Waals surface area contributed by atoms with Gasteiger partial charge in [0.15, 0.2) is 6.17 Å². The van der Waals surface area contributed by atoms with Gasteiger partial charge in [-0.1, -0.05) is 0 Å². The van der Waals surface area contributed by atoms with Crippen LogP contribution in [0.4, 0.5) is 74.6 Å². The van der Waals surface area contributed by atoms with Gasteiger partial charge in [0.2, 0.25) is 0 Å². The molecule has 1 saturated carbocycles. The highest BCUT2D eigenvalue weighted by Crippen LogP contribution is 2.65. The molecule has 0 aromatic rings. The number of nitrogens with one attached hydrogen (secondary N) is 2. The van der Waals surface area contributed by atoms with Crippen molar-refractivity contribution < 1.29 is 84.5 Å². The highest BCUT2D eigenvalue weighted by atomic mass is 19.4. The van der Waals surface area contributed by atoms with Gasteiger partial charge in [0.05, 0.1) is 11.8 Å². The number of hydrogen-bond donors (Lipinski definition) is 3. The van der Waals surface area contributed by atoms with Crippen molar-refractivity contribution in [3.63, 3.8) is 0 Å². The maximum atomic E-state index is 14.5. The minimum atomic E-state index is -8.75. The van der Waals surface area contributed by atoms with Crippen LogP contribution >= 0.6 is 0 Å². The SMILES string of the molecule is CC(F)C(F)(F)C(F)(F)C(F)(F)C(F)(F)C(F)(F)C(F)(F)C(F)(F)C(F)(F)C1C(=N)CC(=N)CC1C(=O)O. The van der Waals surface area contributed by atoms with Crippen LogP contribution in [0.25, 0.3) is 0 Å². The first kappa shape index (κ1) is 33.6. The molecule has 3 unspecified atom stereocenters. The van der Waals surface area contributed by atoms with Crippen LogP contribution in [0.3, 0.4) is 0 Å². The Hall–Kier alpha value is -2.38. The molecular weight excluding hydrogens is 587 g/mol. The molecule has 1 aliphatic carbocycles. The first-order chi connectivity index (χ1) is 16.4. The van der Waals surface area contributed by atoms with E-state index in [0.717, 1.165) is 0 Å². The zero-order valence-electron chi connectivity index (χ0n) is 17.9. The van der Waals surface area contributed by atoms with Crippen molar-refractivity contribution in [1.29, 1.82) is 10.8 Å². The van der Waals surface area contributed by atoms with E-state index in [1.54, 1.807) is 0 Å². The second kappa shape index (κ2) is 9.09. The molecule has 3 atom stereocenters. The van der Waals surface area contributed by atoms with E-state index in [4.69, 9.17) is 15.9 Å². The summed E-state index contributed by atoms with van der Waals surface area (Å²) in [7, 11) is 0. The monoisotopic (exact) mass is 600 g/mol. The average molecular weight is 600 g/mol. The van der Waals surface area contributed by atoms with Gasteiger partial charge in [0.25, 0.3) is 0 Å². The number of rotatable bonds is 10. The summed E-state index contributed by atoms with van der Waals surface area (Å²) in [4.78, 5) is 11.1. The second-order valence-electron chi connectivity index (χ2n) is 8.24. The number of carbonyl (C=O) groups is 1. The third-order valence-corrected chi connectivity index (χ3v) is 5.66. The van der Waals surface area contributed by atoms with Crippen molar-refractivity contribution >= 4 is 17.4 Å². The number of alkyl halides is 17. The van der Waals surface area contributed by atoms with Gasteiger partial charge in [-0.05, 0) is 13.3 Å². The number of carboxylic acids is 1. The van der Waals surface area contributed by atoms with Crippen LogP contribution in [0.1, 0.15) is 19.8 Å². The summed E-state index contributed by atoms with van der Waals surface area (Å²) >= 11 is 0. The third kappa shape index (κ3) is 4.17. The van der Waals surface area contributed by atoms with Crippen LogP contribution in [0.2, 0.25) is 0 Å². The quantitative estimate of drug-likeness (QED) is 0.248. The second-order valence-corrected chi connectivity index (χ2v) is 8.24. The number of aliphatic carboxylic acids is 1. The van der Waals surface area contributed by atoms with Gasteiger partial charge in [0, 0.05) is 17.8 Å². The molecule has 0 bridgehead atoms. The van der Waals surface area contributed by atoms with Gasteiger partial charge in [0.1, 0.15) is 0 Å². The van der Waals surface area contributed by atoms with Crippen LogP contribution in [-0.4, -0.2) is 76.1 Å². The zero-order valence-corrected chi connectivity index (χ0v) is 17.9. The third-order valence-electron chi connectivity index (χ3n) is 5.66. The van der Waals surface area contributed by atoms with E-state index in [9.17, 15) is 79.4 Å². The van der Waals surface area contributed by atoms with Crippen molar-refractivity contribution in [3.8, 4) is 0 Å². The number of carboxylic acid groups (broad SMARTS) is 1. The topological polar surface area (TPSA) is 85.0 Å². The minimum Gasteiger partial charge on any atom is -0.481 e. The Bertz CT molecular complexity index is 976. The maximum absolute atomic E-state index is 14.5. The van der Waals surface area contributed by atoms with Gasteiger partial charge in [-0.2, -0.15) is 70.2 Å². The molecule has 0 aliphatic heterocycles. The summed E-state index contributed by atoms with van der Waals surface area (Å²) in [5.41, 5.74) is -2.95. The van der Waals surface area contributed by atoms with Crippen LogP contribution in [0, 0.1) is 22.7 Å². The van der Waals surface area contributed by atoms with E-state index < -0.39 is 103 Å². The summed E-state index contributed by atoms with van der Waals surface area (Å²) < 4.78 is 234. The summed E-state index contributed by atoms with van der Waals surface area (Å²) in [6.07, 6.45) is -7.51. The van der Waals surface area contributed by atoms with Crippen molar-refractivity contribution in [3.05, 3.63) is 0 Å². The Balaban J connectivity index is 3.80. The highest BCUT2D eigenvalue weighted by molar-refractivity contribution is 6.08. The van der Waals surface area contributed by atoms with Crippen LogP contribution < -0.4 is 0 Å². The summed E-state index contributed by atoms with van der Waals surface area (Å²) in [5, 5.41) is 23.2. The van der Waals surface area contributed by atoms with Crippen LogP contribution in [0.5, 0.6) is 0 Å². The number of hydrogen-bond acceptors (Lipinski definition) is 3. The van der Waals surface area contributed by atoms with Crippen molar-refractivity contribution in [2.75, 3.05) is 0 Å². The Morgan fingerprint density at radius 1 is 0.737 bits per heavy atom. The standard InChI is InChI=1S/C17H13F17N2O2/c1-4(18)10(19,20)12(23,24)14(27,28)16(31,32)17(33,34)15(29,30)13(25,26)11(21,22)8-6(9(37)38)2-5(35)3-7(8)36/h4,6,8,35-36H,2-3H2,1H3,(H,37,38). The minimum absolute atomic E-state index is 0.693. The van der Waals surface area contributed by atoms with Gasteiger partial charge < -0.3 is 15.9 Å². The fourth-order valence-corrected chi connectivity index (χ4v) is 3.39. The lowest BCUT2D eigenvalue weighted by molar-refractivity contribution is -0.456. The molecular formula is C17H13F17N2O2. The van der Waals surface area contributed by atoms with Crippen molar-refractivity contribution in [2.45, 2.75) is 73.3 Å². The van der Waals surface area contributed by atoms with Gasteiger partial charge in [-0.3, -0.25) is 4.79 Å². The van der Waals surface area contributed by atoms with Crippen LogP contribution in [0.15, 0.2) is 0 Å². The van der Waals surface area contributed by atoms with Crippen molar-refractivity contribution in [2.24, 2.45) is 11.8 Å². The zero-order chi connectivity index (χ0) is 30.9. The van der Waals surface area contributed by atoms with E-state index in [2.05, 4.69) is 0 Å². The maximum Gasteiger partial charge on any atom is 0.385 e. The Kier molecular flexibility index (Phi) is 8.05. The van der Waals surface area contributed by atoms with E-state index in [-0.39, 0.29) is 0 Å². The predicted octanol–water partition coefficient (Wildman–Crippen LogP) is 6.58. The Morgan fingerprint density at radius 2 is 1.08 bits per heavy atom. The molecule has 0 heterocycles. The summed E-state index contributed by atoms with van der Waals surface area (Å²) in [6, 6.07) is 0. The summed E-state index contributed by atoms with van der Waals surface area (Å²) in [6.45, 7) is -0.693. The first-order valence-corrected chi connectivity index (χ1v) is 9.45. The van der Waals surface area contributed by atoms with E-state index in [0.29, 0.717) is 0 Å².